The molecule has 1 aliphatic rings. The number of nitrogens with zero attached hydrogens (tertiary/aromatic N) is 2. The van der Waals surface area contributed by atoms with Crippen molar-refractivity contribution in [1.29, 1.82) is 0 Å². The summed E-state index contributed by atoms with van der Waals surface area (Å²) in [6.45, 7) is 4.02. The molecule has 0 unspecified atom stereocenters. The van der Waals surface area contributed by atoms with Crippen LogP contribution in [-0.4, -0.2) is 35.6 Å². The molecule has 0 aliphatic carbocycles. The summed E-state index contributed by atoms with van der Waals surface area (Å²) in [5.74, 6) is 0.718. The average molecular weight is 584 g/mol. The number of aliphatic hydroxyl groups is 1. The van der Waals surface area contributed by atoms with Crippen molar-refractivity contribution in [2.45, 2.75) is 48.2 Å². The van der Waals surface area contributed by atoms with Gasteiger partial charge in [-0.3, -0.25) is 4.72 Å². The maximum atomic E-state index is 12.7. The zero-order chi connectivity index (χ0) is 27.4. The highest BCUT2D eigenvalue weighted by Crippen LogP contribution is 2.43. The number of nitrogens with one attached hydrogen (secondary N) is 1. The molecule has 1 aromatic heterocycles. The molecule has 11 heteroatoms. The lowest BCUT2D eigenvalue weighted by atomic mass is 9.91. The standard InChI is InChI=1S/C28H29N3O5S3/c1-18-25(17-37-28-30-29-19(2)38-28)35-27(36-26(18)21-10-8-20(16-32)9-11-21)22-12-14-23(15-13-22)31-39(33,34)24-6-4-3-5-7-24/h3-15,18,25-27,31-32H,16-17H2,1-2H3/t18-,25+,26+,27+/m0/s1. The second kappa shape index (κ2) is 12.2. The Morgan fingerprint density at radius 3 is 2.28 bits per heavy atom. The van der Waals surface area contributed by atoms with Crippen molar-refractivity contribution in [3.8, 4) is 0 Å². The van der Waals surface area contributed by atoms with Crippen molar-refractivity contribution in [1.82, 2.24) is 10.2 Å². The molecule has 4 aromatic rings. The Kier molecular flexibility index (Phi) is 8.65. The van der Waals surface area contributed by atoms with Gasteiger partial charge in [0.05, 0.1) is 23.7 Å². The van der Waals surface area contributed by atoms with Crippen molar-refractivity contribution >= 4 is 38.8 Å². The lowest BCUT2D eigenvalue weighted by molar-refractivity contribution is -0.268. The first-order valence-electron chi connectivity index (χ1n) is 12.4. The lowest BCUT2D eigenvalue weighted by Gasteiger charge is -2.41. The Labute approximate surface area is 236 Å². The van der Waals surface area contributed by atoms with Crippen molar-refractivity contribution in [2.75, 3.05) is 10.5 Å². The second-order valence-electron chi connectivity index (χ2n) is 9.26. The van der Waals surface area contributed by atoms with Crippen LogP contribution in [0.25, 0.3) is 0 Å². The predicted molar refractivity (Wildman–Crippen MR) is 152 cm³/mol. The minimum atomic E-state index is -3.69. The molecule has 204 valence electrons. The Morgan fingerprint density at radius 1 is 0.949 bits per heavy atom. The van der Waals surface area contributed by atoms with E-state index in [2.05, 4.69) is 21.8 Å². The summed E-state index contributed by atoms with van der Waals surface area (Å²) >= 11 is 3.17. The van der Waals surface area contributed by atoms with Gasteiger partial charge in [-0.15, -0.1) is 10.2 Å². The molecule has 0 bridgehead atoms. The molecular formula is C28H29N3O5S3. The molecule has 0 spiro atoms. The van der Waals surface area contributed by atoms with Crippen LogP contribution in [0.15, 0.2) is 88.1 Å². The normalized spacial score (nSPS) is 21.5. The Hall–Kier alpha value is -2.80. The van der Waals surface area contributed by atoms with Crippen molar-refractivity contribution < 1.29 is 23.0 Å². The number of ether oxygens (including phenoxy) is 2. The first-order chi connectivity index (χ1) is 18.8. The maximum absolute atomic E-state index is 12.7. The summed E-state index contributed by atoms with van der Waals surface area (Å²) in [4.78, 5) is 0.197. The number of rotatable bonds is 9. The van der Waals surface area contributed by atoms with Crippen molar-refractivity contribution in [2.24, 2.45) is 5.92 Å². The molecule has 0 saturated carbocycles. The number of hydrogen-bond donors (Lipinski definition) is 2. The number of benzene rings is 3. The Bertz CT molecular complexity index is 1480. The third kappa shape index (κ3) is 6.68. The highest BCUT2D eigenvalue weighted by molar-refractivity contribution is 8.01. The van der Waals surface area contributed by atoms with Gasteiger partial charge in [0.15, 0.2) is 10.6 Å². The van der Waals surface area contributed by atoms with Gasteiger partial charge >= 0.3 is 0 Å². The van der Waals surface area contributed by atoms with E-state index in [1.807, 2.05) is 43.3 Å². The SMILES string of the molecule is Cc1nnc(SC[C@H]2O[C@@H](c3ccc(NS(=O)(=O)c4ccccc4)cc3)O[C@@H](c3ccc(CO)cc3)[C@H]2C)s1. The summed E-state index contributed by atoms with van der Waals surface area (Å²) < 4.78 is 41.9. The van der Waals surface area contributed by atoms with Gasteiger partial charge in [0, 0.05) is 22.9 Å². The molecule has 1 fully saturated rings. The molecule has 1 saturated heterocycles. The summed E-state index contributed by atoms with van der Waals surface area (Å²) in [6, 6.07) is 23.1. The molecule has 0 radical (unpaired) electrons. The molecule has 5 rings (SSSR count). The Morgan fingerprint density at radius 2 is 1.64 bits per heavy atom. The van der Waals surface area contributed by atoms with E-state index in [1.54, 1.807) is 65.6 Å². The topological polar surface area (TPSA) is 111 Å². The maximum Gasteiger partial charge on any atom is 0.261 e. The van der Waals surface area contributed by atoms with E-state index in [0.29, 0.717) is 11.4 Å². The van der Waals surface area contributed by atoms with Gasteiger partial charge in [0.2, 0.25) is 0 Å². The molecule has 8 nitrogen and oxygen atoms in total. The summed E-state index contributed by atoms with van der Waals surface area (Å²) in [7, 11) is -3.69. The van der Waals surface area contributed by atoms with E-state index in [1.165, 1.54) is 0 Å². The third-order valence-electron chi connectivity index (χ3n) is 6.49. The number of sulfonamides is 1. The van der Waals surface area contributed by atoms with Crippen LogP contribution in [0.1, 0.15) is 41.0 Å². The van der Waals surface area contributed by atoms with Crippen molar-refractivity contribution in [3.05, 3.63) is 101 Å². The molecule has 3 aromatic carbocycles. The van der Waals surface area contributed by atoms with Crippen LogP contribution >= 0.6 is 23.1 Å². The summed E-state index contributed by atoms with van der Waals surface area (Å²) in [5.41, 5.74) is 3.06. The van der Waals surface area contributed by atoms with Crippen LogP contribution in [0.3, 0.4) is 0 Å². The smallest absolute Gasteiger partial charge is 0.261 e. The van der Waals surface area contributed by atoms with E-state index < -0.39 is 16.3 Å². The van der Waals surface area contributed by atoms with Crippen LogP contribution < -0.4 is 4.72 Å². The van der Waals surface area contributed by atoms with Crippen LogP contribution in [0.5, 0.6) is 0 Å². The van der Waals surface area contributed by atoms with E-state index in [-0.39, 0.29) is 29.6 Å². The monoisotopic (exact) mass is 583 g/mol. The number of aromatic nitrogens is 2. The fraction of sp³-hybridized carbons (Fsp3) is 0.286. The lowest BCUT2D eigenvalue weighted by Crippen LogP contribution is -2.38. The molecule has 39 heavy (non-hydrogen) atoms. The molecule has 2 heterocycles. The first kappa shape index (κ1) is 27.8. The summed E-state index contributed by atoms with van der Waals surface area (Å²) in [6.07, 6.45) is -1.03. The van der Waals surface area contributed by atoms with Gasteiger partial charge in [-0.2, -0.15) is 0 Å². The highest BCUT2D eigenvalue weighted by Gasteiger charge is 2.38. The van der Waals surface area contributed by atoms with Gasteiger partial charge in [-0.1, -0.05) is 84.6 Å². The van der Waals surface area contributed by atoms with E-state index in [4.69, 9.17) is 9.47 Å². The zero-order valence-electron chi connectivity index (χ0n) is 21.4. The van der Waals surface area contributed by atoms with Gasteiger partial charge in [-0.05, 0) is 42.3 Å². The van der Waals surface area contributed by atoms with Gasteiger partial charge in [-0.25, -0.2) is 8.42 Å². The van der Waals surface area contributed by atoms with E-state index >= 15 is 0 Å². The fourth-order valence-corrected chi connectivity index (χ4v) is 7.41. The first-order valence-corrected chi connectivity index (χ1v) is 15.7. The van der Waals surface area contributed by atoms with E-state index in [0.717, 1.165) is 26.0 Å². The van der Waals surface area contributed by atoms with Gasteiger partial charge in [0.1, 0.15) is 5.01 Å². The quantitative estimate of drug-likeness (QED) is 0.241. The van der Waals surface area contributed by atoms with Gasteiger partial charge < -0.3 is 14.6 Å². The fourth-order valence-electron chi connectivity index (χ4n) is 4.32. The van der Waals surface area contributed by atoms with Crippen LogP contribution in [0.2, 0.25) is 0 Å². The molecule has 1 aliphatic heterocycles. The molecular weight excluding hydrogens is 555 g/mol. The van der Waals surface area contributed by atoms with Crippen molar-refractivity contribution in [3.63, 3.8) is 0 Å². The molecule has 2 N–H and O–H groups in total. The average Bonchev–Trinajstić information content (AvgIpc) is 3.38. The minimum Gasteiger partial charge on any atom is -0.392 e. The summed E-state index contributed by atoms with van der Waals surface area (Å²) in [5, 5.41) is 18.7. The minimum absolute atomic E-state index is 0.0198. The van der Waals surface area contributed by atoms with E-state index in [9.17, 15) is 13.5 Å². The third-order valence-corrected chi connectivity index (χ3v) is 9.95. The largest absolute Gasteiger partial charge is 0.392 e. The molecule has 0 amide bonds. The highest BCUT2D eigenvalue weighted by atomic mass is 32.2. The van der Waals surface area contributed by atoms with Gasteiger partial charge in [0.25, 0.3) is 10.0 Å². The number of aliphatic hydroxyl groups excluding tert-OH is 1. The second-order valence-corrected chi connectivity index (χ2v) is 13.4. The van der Waals surface area contributed by atoms with Crippen LogP contribution in [0, 0.1) is 12.8 Å². The molecule has 4 atom stereocenters. The number of aryl methyl sites for hydroxylation is 1. The number of hydrogen-bond acceptors (Lipinski definition) is 9. The van der Waals surface area contributed by atoms with Crippen LogP contribution in [-0.2, 0) is 26.1 Å². The number of anilines is 1. The zero-order valence-corrected chi connectivity index (χ0v) is 23.9. The predicted octanol–water partition coefficient (Wildman–Crippen LogP) is 5.72. The Balaban J connectivity index is 1.36. The van der Waals surface area contributed by atoms with Crippen LogP contribution in [0.4, 0.5) is 5.69 Å². The number of thioether (sulfide) groups is 1.